The number of aromatic nitrogens is 8. The van der Waals surface area contributed by atoms with E-state index in [1.165, 1.54) is 21.9 Å². The standard InChI is InChI=1S/C46H42N8O3/c1-55-37-18-12-32(13-19-37)24-53-28-35(47-49-53)26-51-30-42(40-8-4-6-10-44(40)51)46(34-16-22-39(57-3)23-17-34)43-31-52(45-11-7-5-9-41(43)45)27-36-29-54(50-48-36)25-33-14-20-38(56-2)21-15-33/h4-23,28-31,46H,24-27H2,1-3H3. The average Bonchev–Trinajstić information content (AvgIpc) is 4.06. The van der Waals surface area contributed by atoms with Crippen LogP contribution in [0, 0.1) is 0 Å². The van der Waals surface area contributed by atoms with Crippen molar-refractivity contribution in [1.29, 1.82) is 0 Å². The van der Waals surface area contributed by atoms with Gasteiger partial charge in [0, 0.05) is 40.1 Å². The Morgan fingerprint density at radius 3 is 1.28 bits per heavy atom. The molecule has 4 aromatic heterocycles. The number of methoxy groups -OCH3 is 3. The molecule has 9 rings (SSSR count). The largest absolute Gasteiger partial charge is 0.497 e. The van der Waals surface area contributed by atoms with E-state index in [0.717, 1.165) is 56.4 Å². The minimum Gasteiger partial charge on any atom is -0.497 e. The zero-order chi connectivity index (χ0) is 38.7. The molecular formula is C46H42N8O3. The predicted molar refractivity (Wildman–Crippen MR) is 220 cm³/mol. The van der Waals surface area contributed by atoms with E-state index < -0.39 is 0 Å². The molecule has 4 heterocycles. The highest BCUT2D eigenvalue weighted by Crippen LogP contribution is 2.41. The molecule has 0 aliphatic rings. The van der Waals surface area contributed by atoms with Crippen molar-refractivity contribution in [1.82, 2.24) is 39.1 Å². The van der Waals surface area contributed by atoms with Crippen LogP contribution in [0.5, 0.6) is 17.2 Å². The van der Waals surface area contributed by atoms with Crippen molar-refractivity contribution in [2.75, 3.05) is 21.3 Å². The molecular weight excluding hydrogens is 713 g/mol. The van der Waals surface area contributed by atoms with Gasteiger partial charge in [0.1, 0.15) is 28.6 Å². The Morgan fingerprint density at radius 2 is 0.860 bits per heavy atom. The quantitative estimate of drug-likeness (QED) is 0.110. The van der Waals surface area contributed by atoms with Crippen molar-refractivity contribution in [3.05, 3.63) is 185 Å². The number of hydrogen-bond acceptors (Lipinski definition) is 7. The topological polar surface area (TPSA) is 99.0 Å². The Morgan fingerprint density at radius 1 is 0.456 bits per heavy atom. The fourth-order valence-corrected chi connectivity index (χ4v) is 7.76. The molecule has 0 aliphatic heterocycles. The van der Waals surface area contributed by atoms with Gasteiger partial charge in [-0.05, 0) is 76.3 Å². The molecule has 0 N–H and O–H groups in total. The van der Waals surface area contributed by atoms with Gasteiger partial charge in [0.25, 0.3) is 0 Å². The monoisotopic (exact) mass is 754 g/mol. The van der Waals surface area contributed by atoms with Crippen LogP contribution in [-0.2, 0) is 26.2 Å². The van der Waals surface area contributed by atoms with E-state index in [-0.39, 0.29) is 5.92 Å². The average molecular weight is 755 g/mol. The highest BCUT2D eigenvalue weighted by molar-refractivity contribution is 5.90. The molecule has 0 atom stereocenters. The second-order valence-electron chi connectivity index (χ2n) is 14.2. The number of hydrogen-bond donors (Lipinski definition) is 0. The fraction of sp³-hybridized carbons (Fsp3) is 0.174. The third kappa shape index (κ3) is 7.35. The lowest BCUT2D eigenvalue weighted by molar-refractivity contribution is 0.414. The van der Waals surface area contributed by atoms with Gasteiger partial charge in [0.05, 0.1) is 59.9 Å². The molecule has 0 aliphatic carbocycles. The van der Waals surface area contributed by atoms with E-state index in [1.807, 2.05) is 58.2 Å². The Labute approximate surface area is 330 Å². The van der Waals surface area contributed by atoms with Crippen molar-refractivity contribution in [3.63, 3.8) is 0 Å². The summed E-state index contributed by atoms with van der Waals surface area (Å²) in [5.74, 6) is 2.38. The summed E-state index contributed by atoms with van der Waals surface area (Å²) in [7, 11) is 5.05. The van der Waals surface area contributed by atoms with Crippen LogP contribution in [0.1, 0.15) is 45.1 Å². The van der Waals surface area contributed by atoms with Crippen LogP contribution in [0.15, 0.2) is 146 Å². The summed E-state index contributed by atoms with van der Waals surface area (Å²) in [5, 5.41) is 20.5. The number of fused-ring (bicyclic) bond motifs is 2. The van der Waals surface area contributed by atoms with Gasteiger partial charge in [0.2, 0.25) is 0 Å². The molecule has 57 heavy (non-hydrogen) atoms. The first-order chi connectivity index (χ1) is 28.0. The molecule has 0 spiro atoms. The molecule has 0 saturated carbocycles. The van der Waals surface area contributed by atoms with Gasteiger partial charge in [-0.3, -0.25) is 0 Å². The van der Waals surface area contributed by atoms with Gasteiger partial charge < -0.3 is 23.3 Å². The Hall–Kier alpha value is -7.14. The number of nitrogens with zero attached hydrogens (tertiary/aromatic N) is 8. The fourth-order valence-electron chi connectivity index (χ4n) is 7.76. The molecule has 9 aromatic rings. The van der Waals surface area contributed by atoms with Crippen molar-refractivity contribution >= 4 is 21.8 Å². The first-order valence-electron chi connectivity index (χ1n) is 18.9. The number of para-hydroxylation sites is 2. The lowest BCUT2D eigenvalue weighted by atomic mass is 9.85. The maximum atomic E-state index is 5.59. The van der Waals surface area contributed by atoms with Gasteiger partial charge in [0.15, 0.2) is 0 Å². The van der Waals surface area contributed by atoms with Crippen molar-refractivity contribution in [3.8, 4) is 17.2 Å². The molecule has 0 unspecified atom stereocenters. The summed E-state index contributed by atoms with van der Waals surface area (Å²) >= 11 is 0. The molecule has 0 fully saturated rings. The van der Waals surface area contributed by atoms with Gasteiger partial charge in [-0.15, -0.1) is 10.2 Å². The normalized spacial score (nSPS) is 11.5. The van der Waals surface area contributed by atoms with Crippen LogP contribution in [0.3, 0.4) is 0 Å². The third-order valence-electron chi connectivity index (χ3n) is 10.6. The van der Waals surface area contributed by atoms with Gasteiger partial charge >= 0.3 is 0 Å². The lowest BCUT2D eigenvalue weighted by Crippen LogP contribution is -2.04. The lowest BCUT2D eigenvalue weighted by Gasteiger charge is -2.18. The van der Waals surface area contributed by atoms with Crippen molar-refractivity contribution < 1.29 is 14.2 Å². The minimum absolute atomic E-state index is 0.0929. The molecule has 284 valence electrons. The molecule has 5 aromatic carbocycles. The van der Waals surface area contributed by atoms with Crippen molar-refractivity contribution in [2.24, 2.45) is 0 Å². The second kappa shape index (κ2) is 15.5. The summed E-state index contributed by atoms with van der Waals surface area (Å²) in [6.07, 6.45) is 8.64. The van der Waals surface area contributed by atoms with Crippen molar-refractivity contribution in [2.45, 2.75) is 32.1 Å². The van der Waals surface area contributed by atoms with E-state index in [9.17, 15) is 0 Å². The van der Waals surface area contributed by atoms with Gasteiger partial charge in [-0.1, -0.05) is 83.2 Å². The Balaban J connectivity index is 1.07. The maximum Gasteiger partial charge on any atom is 0.118 e. The zero-order valence-electron chi connectivity index (χ0n) is 32.1. The van der Waals surface area contributed by atoms with Crippen LogP contribution in [0.25, 0.3) is 21.8 Å². The molecule has 11 heteroatoms. The first kappa shape index (κ1) is 35.6. The molecule has 0 saturated heterocycles. The van der Waals surface area contributed by atoms with Crippen LogP contribution in [0.2, 0.25) is 0 Å². The van der Waals surface area contributed by atoms with Crippen LogP contribution < -0.4 is 14.2 Å². The Bertz CT molecular complexity index is 2590. The number of rotatable bonds is 14. The molecule has 0 bridgehead atoms. The summed E-state index contributed by atoms with van der Waals surface area (Å²) in [6, 6.07) is 41.7. The number of ether oxygens (including phenoxy) is 3. The SMILES string of the molecule is COc1ccc(Cn2cc(Cn3cc(C(c4ccc(OC)cc4)c4cn(Cc5cn(Cc6ccc(OC)cc6)nn5)c5ccccc45)c4ccccc43)nn2)cc1. The van der Waals surface area contributed by atoms with E-state index in [4.69, 9.17) is 14.2 Å². The highest BCUT2D eigenvalue weighted by Gasteiger charge is 2.26. The predicted octanol–water partition coefficient (Wildman–Crippen LogP) is 8.18. The van der Waals surface area contributed by atoms with E-state index in [2.05, 4.69) is 127 Å². The Kier molecular flexibility index (Phi) is 9.69. The molecule has 11 nitrogen and oxygen atoms in total. The van der Waals surface area contributed by atoms with E-state index >= 15 is 0 Å². The highest BCUT2D eigenvalue weighted by atomic mass is 16.5. The summed E-state index contributed by atoms with van der Waals surface area (Å²) < 4.78 is 24.6. The van der Waals surface area contributed by atoms with E-state index in [0.29, 0.717) is 26.2 Å². The molecule has 0 radical (unpaired) electrons. The smallest absolute Gasteiger partial charge is 0.118 e. The van der Waals surface area contributed by atoms with Gasteiger partial charge in [-0.2, -0.15) is 0 Å². The number of benzene rings is 5. The van der Waals surface area contributed by atoms with Crippen LogP contribution >= 0.6 is 0 Å². The minimum atomic E-state index is -0.0929. The van der Waals surface area contributed by atoms with E-state index in [1.54, 1.807) is 21.3 Å². The summed E-state index contributed by atoms with van der Waals surface area (Å²) in [5.41, 5.74) is 9.85. The third-order valence-corrected chi connectivity index (χ3v) is 10.6. The van der Waals surface area contributed by atoms with Gasteiger partial charge in [-0.25, -0.2) is 9.36 Å². The summed E-state index contributed by atoms with van der Waals surface area (Å²) in [4.78, 5) is 0. The summed E-state index contributed by atoms with van der Waals surface area (Å²) in [6.45, 7) is 2.40. The van der Waals surface area contributed by atoms with Crippen LogP contribution in [-0.4, -0.2) is 60.5 Å². The second-order valence-corrected chi connectivity index (χ2v) is 14.2. The zero-order valence-corrected chi connectivity index (χ0v) is 32.1. The van der Waals surface area contributed by atoms with Crippen LogP contribution in [0.4, 0.5) is 0 Å². The maximum absolute atomic E-state index is 5.59. The molecule has 0 amide bonds. The first-order valence-corrected chi connectivity index (χ1v) is 18.9.